The van der Waals surface area contributed by atoms with E-state index in [9.17, 15) is 4.79 Å². The molecule has 114 valence electrons. The normalized spacial score (nSPS) is 24.2. The van der Waals surface area contributed by atoms with Crippen LogP contribution in [0.15, 0.2) is 48.7 Å². The number of ether oxygens (including phenoxy) is 1. The third-order valence-electron chi connectivity index (χ3n) is 3.98. The summed E-state index contributed by atoms with van der Waals surface area (Å²) in [5.41, 5.74) is 2.13. The lowest BCUT2D eigenvalue weighted by atomic mass is 10.0. The summed E-state index contributed by atoms with van der Waals surface area (Å²) in [6.45, 7) is 4.04. The molecule has 2 heterocycles. The minimum atomic E-state index is -0.384. The van der Waals surface area contributed by atoms with Crippen molar-refractivity contribution in [3.8, 4) is 11.1 Å². The van der Waals surface area contributed by atoms with Crippen LogP contribution in [0.4, 0.5) is 5.82 Å². The largest absolute Gasteiger partial charge is 0.365 e. The van der Waals surface area contributed by atoms with Crippen molar-refractivity contribution in [1.29, 1.82) is 0 Å². The molecule has 0 aliphatic carbocycles. The van der Waals surface area contributed by atoms with Gasteiger partial charge in [-0.25, -0.2) is 4.98 Å². The Balaban J connectivity index is 1.68. The number of anilines is 1. The molecule has 0 radical (unpaired) electrons. The van der Waals surface area contributed by atoms with Crippen LogP contribution in [0.1, 0.15) is 20.3 Å². The molecule has 3 atom stereocenters. The van der Waals surface area contributed by atoms with Gasteiger partial charge in [0.15, 0.2) is 0 Å². The van der Waals surface area contributed by atoms with Crippen LogP contribution in [0, 0.1) is 5.92 Å². The Morgan fingerprint density at radius 1 is 1.14 bits per heavy atom. The minimum absolute atomic E-state index is 0.114. The number of hydrogen-bond donors (Lipinski definition) is 1. The second-order valence-corrected chi connectivity index (χ2v) is 5.87. The highest BCUT2D eigenvalue weighted by molar-refractivity contribution is 5.93. The number of nitrogens with zero attached hydrogens (tertiary/aromatic N) is 1. The van der Waals surface area contributed by atoms with Gasteiger partial charge < -0.3 is 10.1 Å². The van der Waals surface area contributed by atoms with Crippen molar-refractivity contribution < 1.29 is 9.53 Å². The van der Waals surface area contributed by atoms with E-state index in [0.717, 1.165) is 17.5 Å². The van der Waals surface area contributed by atoms with E-state index in [1.165, 1.54) is 0 Å². The molecule has 3 unspecified atom stereocenters. The lowest BCUT2D eigenvalue weighted by molar-refractivity contribution is -0.127. The van der Waals surface area contributed by atoms with E-state index >= 15 is 0 Å². The van der Waals surface area contributed by atoms with Crippen LogP contribution in [0.2, 0.25) is 0 Å². The van der Waals surface area contributed by atoms with Crippen molar-refractivity contribution in [3.63, 3.8) is 0 Å². The Morgan fingerprint density at radius 2 is 1.91 bits per heavy atom. The first-order chi connectivity index (χ1) is 10.6. The van der Waals surface area contributed by atoms with E-state index < -0.39 is 0 Å². The van der Waals surface area contributed by atoms with Crippen LogP contribution in [0.25, 0.3) is 11.1 Å². The maximum absolute atomic E-state index is 12.2. The van der Waals surface area contributed by atoms with Crippen LogP contribution in [0.3, 0.4) is 0 Å². The van der Waals surface area contributed by atoms with E-state index in [1.54, 1.807) is 6.20 Å². The third-order valence-corrected chi connectivity index (χ3v) is 3.98. The topological polar surface area (TPSA) is 51.2 Å². The summed E-state index contributed by atoms with van der Waals surface area (Å²) in [6.07, 6.45) is 2.44. The zero-order chi connectivity index (χ0) is 15.5. The summed E-state index contributed by atoms with van der Waals surface area (Å²) in [6, 6.07) is 13.8. The molecule has 0 bridgehead atoms. The fourth-order valence-electron chi connectivity index (χ4n) is 2.87. The molecular weight excluding hydrogens is 276 g/mol. The number of carbonyl (C=O) groups excluding carboxylic acids is 1. The lowest BCUT2D eigenvalue weighted by Crippen LogP contribution is -2.31. The lowest BCUT2D eigenvalue weighted by Gasteiger charge is -2.14. The van der Waals surface area contributed by atoms with E-state index in [-0.39, 0.29) is 24.0 Å². The van der Waals surface area contributed by atoms with Crippen molar-refractivity contribution >= 4 is 11.7 Å². The average Bonchev–Trinajstić information content (AvgIpc) is 2.88. The second kappa shape index (κ2) is 6.28. The fourth-order valence-corrected chi connectivity index (χ4v) is 2.87. The maximum Gasteiger partial charge on any atom is 0.254 e. The molecule has 22 heavy (non-hydrogen) atoms. The van der Waals surface area contributed by atoms with Crippen molar-refractivity contribution in [3.05, 3.63) is 48.7 Å². The van der Waals surface area contributed by atoms with Crippen LogP contribution in [-0.2, 0) is 9.53 Å². The van der Waals surface area contributed by atoms with Gasteiger partial charge in [-0.05, 0) is 37.0 Å². The molecule has 1 N–H and O–H groups in total. The summed E-state index contributed by atoms with van der Waals surface area (Å²) in [5.74, 6) is 0.676. The Kier molecular flexibility index (Phi) is 4.20. The first kappa shape index (κ1) is 14.7. The van der Waals surface area contributed by atoms with Crippen molar-refractivity contribution in [1.82, 2.24) is 4.98 Å². The molecule has 1 saturated heterocycles. The first-order valence-corrected chi connectivity index (χ1v) is 7.61. The van der Waals surface area contributed by atoms with Gasteiger partial charge in [0, 0.05) is 11.8 Å². The maximum atomic E-state index is 12.2. The van der Waals surface area contributed by atoms with Crippen LogP contribution < -0.4 is 5.32 Å². The number of aromatic nitrogens is 1. The highest BCUT2D eigenvalue weighted by Crippen LogP contribution is 2.26. The van der Waals surface area contributed by atoms with E-state index in [0.29, 0.717) is 5.82 Å². The van der Waals surface area contributed by atoms with Gasteiger partial charge in [0.2, 0.25) is 0 Å². The molecule has 4 nitrogen and oxygen atoms in total. The highest BCUT2D eigenvalue weighted by Gasteiger charge is 2.35. The monoisotopic (exact) mass is 296 g/mol. The van der Waals surface area contributed by atoms with Gasteiger partial charge in [-0.3, -0.25) is 4.79 Å². The number of hydrogen-bond acceptors (Lipinski definition) is 3. The van der Waals surface area contributed by atoms with Gasteiger partial charge in [-0.15, -0.1) is 0 Å². The number of amides is 1. The number of pyridine rings is 1. The predicted octanol–water partition coefficient (Wildman–Crippen LogP) is 3.50. The zero-order valence-corrected chi connectivity index (χ0v) is 12.8. The quantitative estimate of drug-likeness (QED) is 0.943. The fraction of sp³-hybridized carbons (Fsp3) is 0.333. The van der Waals surface area contributed by atoms with Gasteiger partial charge in [-0.2, -0.15) is 0 Å². The third kappa shape index (κ3) is 3.17. The van der Waals surface area contributed by atoms with Crippen molar-refractivity contribution in [2.24, 2.45) is 5.92 Å². The smallest absolute Gasteiger partial charge is 0.254 e. The molecule has 0 saturated carbocycles. The first-order valence-electron chi connectivity index (χ1n) is 7.61. The molecule has 4 heteroatoms. The molecule has 1 fully saturated rings. The van der Waals surface area contributed by atoms with Crippen LogP contribution >= 0.6 is 0 Å². The average molecular weight is 296 g/mol. The van der Waals surface area contributed by atoms with Gasteiger partial charge in [0.1, 0.15) is 11.9 Å². The van der Waals surface area contributed by atoms with E-state index in [4.69, 9.17) is 4.74 Å². The van der Waals surface area contributed by atoms with E-state index in [2.05, 4.69) is 10.3 Å². The number of benzene rings is 1. The number of carbonyl (C=O) groups is 1. The molecule has 1 aromatic carbocycles. The van der Waals surface area contributed by atoms with E-state index in [1.807, 2.05) is 56.3 Å². The Bertz CT molecular complexity index is 640. The molecule has 1 aromatic heterocycles. The summed E-state index contributed by atoms with van der Waals surface area (Å²) >= 11 is 0. The summed E-state index contributed by atoms with van der Waals surface area (Å²) in [7, 11) is 0. The van der Waals surface area contributed by atoms with Gasteiger partial charge in [0.05, 0.1) is 6.10 Å². The molecule has 2 aromatic rings. The van der Waals surface area contributed by atoms with Crippen molar-refractivity contribution in [2.75, 3.05) is 5.32 Å². The van der Waals surface area contributed by atoms with Gasteiger partial charge in [0.25, 0.3) is 5.91 Å². The molecule has 1 aliphatic rings. The van der Waals surface area contributed by atoms with Gasteiger partial charge in [-0.1, -0.05) is 37.3 Å². The predicted molar refractivity (Wildman–Crippen MR) is 86.4 cm³/mol. The Labute approximate surface area is 130 Å². The number of nitrogens with one attached hydrogen (secondary N) is 1. The minimum Gasteiger partial charge on any atom is -0.365 e. The standard InChI is InChI=1S/C18H20N2O2/c1-12-10-13(2)22-17(12)18(21)20-16-9-8-15(11-19-16)14-6-4-3-5-7-14/h3-9,11-13,17H,10H2,1-2H3,(H,19,20,21). The molecule has 0 spiro atoms. The molecule has 1 amide bonds. The summed E-state index contributed by atoms with van der Waals surface area (Å²) < 4.78 is 5.66. The molecule has 1 aliphatic heterocycles. The second-order valence-electron chi connectivity index (χ2n) is 5.87. The highest BCUT2D eigenvalue weighted by atomic mass is 16.5. The van der Waals surface area contributed by atoms with Crippen LogP contribution in [-0.4, -0.2) is 23.1 Å². The summed E-state index contributed by atoms with van der Waals surface area (Å²) in [4.78, 5) is 16.6. The van der Waals surface area contributed by atoms with Crippen LogP contribution in [0.5, 0.6) is 0 Å². The summed E-state index contributed by atoms with van der Waals surface area (Å²) in [5, 5.41) is 2.84. The SMILES string of the molecule is CC1CC(C)C(C(=O)Nc2ccc(-c3ccccc3)cn2)O1. The van der Waals surface area contributed by atoms with Crippen molar-refractivity contribution in [2.45, 2.75) is 32.5 Å². The van der Waals surface area contributed by atoms with Gasteiger partial charge >= 0.3 is 0 Å². The Morgan fingerprint density at radius 3 is 2.50 bits per heavy atom. The molecule has 3 rings (SSSR count). The Hall–Kier alpha value is -2.20. The zero-order valence-electron chi connectivity index (χ0n) is 12.8. The molecular formula is C18H20N2O2. The number of rotatable bonds is 3.